The van der Waals surface area contributed by atoms with Gasteiger partial charge in [0.05, 0.1) is 5.69 Å². The first kappa shape index (κ1) is 14.6. The Morgan fingerprint density at radius 3 is 2.80 bits per heavy atom. The number of hydrogen-bond donors (Lipinski definition) is 1. The first-order valence-electron chi connectivity index (χ1n) is 6.96. The summed E-state index contributed by atoms with van der Waals surface area (Å²) in [5.41, 5.74) is 2.82. The molecule has 1 heterocycles. The van der Waals surface area contributed by atoms with E-state index < -0.39 is 0 Å². The maximum absolute atomic E-state index is 13.2. The van der Waals surface area contributed by atoms with Crippen LogP contribution in [0.1, 0.15) is 36.1 Å². The van der Waals surface area contributed by atoms with Crippen LogP contribution in [-0.4, -0.2) is 16.5 Å². The van der Waals surface area contributed by atoms with Crippen LogP contribution < -0.4 is 5.32 Å². The van der Waals surface area contributed by atoms with E-state index in [1.54, 1.807) is 6.07 Å². The van der Waals surface area contributed by atoms with Gasteiger partial charge in [0.25, 0.3) is 0 Å². The minimum Gasteiger partial charge on any atom is -0.311 e. The summed E-state index contributed by atoms with van der Waals surface area (Å²) in [6.45, 7) is 5.81. The quantitative estimate of drug-likeness (QED) is 0.822. The molecule has 0 unspecified atom stereocenters. The largest absolute Gasteiger partial charge is 0.311 e. The molecule has 0 aliphatic carbocycles. The third-order valence-electron chi connectivity index (χ3n) is 2.94. The Labute approximate surface area is 119 Å². The lowest BCUT2D eigenvalue weighted by molar-refractivity contribution is 0.625. The van der Waals surface area contributed by atoms with Crippen molar-refractivity contribution in [2.45, 2.75) is 33.2 Å². The number of rotatable bonds is 6. The average molecular weight is 273 g/mol. The molecule has 0 saturated carbocycles. The predicted octanol–water partition coefficient (Wildman–Crippen LogP) is 3.01. The van der Waals surface area contributed by atoms with E-state index >= 15 is 0 Å². The van der Waals surface area contributed by atoms with E-state index in [1.807, 2.05) is 19.1 Å². The fourth-order valence-electron chi connectivity index (χ4n) is 2.09. The van der Waals surface area contributed by atoms with Gasteiger partial charge in [0.1, 0.15) is 11.6 Å². The summed E-state index contributed by atoms with van der Waals surface area (Å²) in [7, 11) is 0. The molecule has 3 nitrogen and oxygen atoms in total. The number of benzene rings is 1. The molecule has 0 fully saturated rings. The van der Waals surface area contributed by atoms with Crippen molar-refractivity contribution in [1.29, 1.82) is 0 Å². The third-order valence-corrected chi connectivity index (χ3v) is 2.94. The van der Waals surface area contributed by atoms with Crippen molar-refractivity contribution < 1.29 is 4.39 Å². The molecule has 1 N–H and O–H groups in total. The summed E-state index contributed by atoms with van der Waals surface area (Å²) < 4.78 is 13.2. The summed E-state index contributed by atoms with van der Waals surface area (Å²) >= 11 is 0. The lowest BCUT2D eigenvalue weighted by Gasteiger charge is -2.07. The minimum absolute atomic E-state index is 0.222. The predicted molar refractivity (Wildman–Crippen MR) is 78.0 cm³/mol. The van der Waals surface area contributed by atoms with Crippen LogP contribution in [0.25, 0.3) is 0 Å². The van der Waals surface area contributed by atoms with Crippen molar-refractivity contribution in [1.82, 2.24) is 15.3 Å². The van der Waals surface area contributed by atoms with Crippen LogP contribution in [0.2, 0.25) is 0 Å². The first-order valence-corrected chi connectivity index (χ1v) is 6.96. The van der Waals surface area contributed by atoms with Gasteiger partial charge < -0.3 is 5.32 Å². The monoisotopic (exact) mass is 273 g/mol. The van der Waals surface area contributed by atoms with Gasteiger partial charge in [0.15, 0.2) is 0 Å². The highest BCUT2D eigenvalue weighted by molar-refractivity contribution is 5.21. The van der Waals surface area contributed by atoms with Gasteiger partial charge in [-0.3, -0.25) is 0 Å². The highest BCUT2D eigenvalue weighted by Crippen LogP contribution is 2.09. The Hall–Kier alpha value is -1.81. The molecule has 0 saturated heterocycles. The molecule has 0 bridgehead atoms. The van der Waals surface area contributed by atoms with E-state index in [9.17, 15) is 4.39 Å². The SMILES string of the molecule is CCCNCc1cc(C)nc(Cc2cccc(F)c2)n1. The number of halogens is 1. The number of aryl methyl sites for hydroxylation is 1. The summed E-state index contributed by atoms with van der Waals surface area (Å²) in [6, 6.07) is 8.56. The normalized spacial score (nSPS) is 10.8. The topological polar surface area (TPSA) is 37.8 Å². The lowest BCUT2D eigenvalue weighted by Crippen LogP contribution is -2.16. The second kappa shape index (κ2) is 7.10. The minimum atomic E-state index is -0.222. The number of nitrogens with zero attached hydrogens (tertiary/aromatic N) is 2. The van der Waals surface area contributed by atoms with E-state index in [0.29, 0.717) is 6.42 Å². The fraction of sp³-hybridized carbons (Fsp3) is 0.375. The molecule has 1 aromatic heterocycles. The first-order chi connectivity index (χ1) is 9.67. The van der Waals surface area contributed by atoms with E-state index in [4.69, 9.17) is 0 Å². The molecular weight excluding hydrogens is 253 g/mol. The molecule has 2 aromatic rings. The molecule has 106 valence electrons. The lowest BCUT2D eigenvalue weighted by atomic mass is 10.1. The highest BCUT2D eigenvalue weighted by Gasteiger charge is 2.04. The average Bonchev–Trinajstić information content (AvgIpc) is 2.38. The number of nitrogens with one attached hydrogen (secondary N) is 1. The van der Waals surface area contributed by atoms with Crippen LogP contribution in [0.5, 0.6) is 0 Å². The van der Waals surface area contributed by atoms with Crippen molar-refractivity contribution in [2.24, 2.45) is 0 Å². The van der Waals surface area contributed by atoms with E-state index in [-0.39, 0.29) is 5.82 Å². The zero-order valence-corrected chi connectivity index (χ0v) is 12.0. The van der Waals surface area contributed by atoms with Crippen LogP contribution in [0.4, 0.5) is 4.39 Å². The second-order valence-electron chi connectivity index (χ2n) is 4.90. The van der Waals surface area contributed by atoms with Crippen LogP contribution in [0.15, 0.2) is 30.3 Å². The van der Waals surface area contributed by atoms with Crippen LogP contribution in [0, 0.1) is 12.7 Å². The zero-order valence-electron chi connectivity index (χ0n) is 12.0. The van der Waals surface area contributed by atoms with Gasteiger partial charge in [-0.15, -0.1) is 0 Å². The molecule has 0 atom stereocenters. The van der Waals surface area contributed by atoms with Crippen molar-refractivity contribution in [3.63, 3.8) is 0 Å². The summed E-state index contributed by atoms with van der Waals surface area (Å²) in [6.07, 6.45) is 1.65. The molecule has 0 radical (unpaired) electrons. The van der Waals surface area contributed by atoms with Gasteiger partial charge in [-0.25, -0.2) is 14.4 Å². The Kier molecular flexibility index (Phi) is 5.18. The van der Waals surface area contributed by atoms with Crippen molar-refractivity contribution in [2.75, 3.05) is 6.54 Å². The molecule has 20 heavy (non-hydrogen) atoms. The molecule has 4 heteroatoms. The zero-order chi connectivity index (χ0) is 14.4. The Bertz CT molecular complexity index is 569. The number of aromatic nitrogens is 2. The van der Waals surface area contributed by atoms with Crippen molar-refractivity contribution in [3.8, 4) is 0 Å². The van der Waals surface area contributed by atoms with Gasteiger partial charge in [-0.1, -0.05) is 19.1 Å². The van der Waals surface area contributed by atoms with Crippen LogP contribution in [-0.2, 0) is 13.0 Å². The summed E-state index contributed by atoms with van der Waals surface area (Å²) in [5, 5.41) is 3.33. The molecule has 0 amide bonds. The van der Waals surface area contributed by atoms with E-state index in [1.165, 1.54) is 12.1 Å². The maximum atomic E-state index is 13.2. The van der Waals surface area contributed by atoms with Gasteiger partial charge in [0.2, 0.25) is 0 Å². The summed E-state index contributed by atoms with van der Waals surface area (Å²) in [4.78, 5) is 8.96. The van der Waals surface area contributed by atoms with Crippen molar-refractivity contribution >= 4 is 0 Å². The fourth-order valence-corrected chi connectivity index (χ4v) is 2.09. The van der Waals surface area contributed by atoms with Gasteiger partial charge in [-0.2, -0.15) is 0 Å². The second-order valence-corrected chi connectivity index (χ2v) is 4.90. The smallest absolute Gasteiger partial charge is 0.133 e. The van der Waals surface area contributed by atoms with Crippen LogP contribution in [0.3, 0.4) is 0 Å². The molecule has 1 aromatic carbocycles. The Balaban J connectivity index is 2.11. The summed E-state index contributed by atoms with van der Waals surface area (Å²) in [5.74, 6) is 0.517. The highest BCUT2D eigenvalue weighted by atomic mass is 19.1. The molecule has 2 rings (SSSR count). The molecule has 0 spiro atoms. The standard InChI is InChI=1S/C16H20FN3/c1-3-7-18-11-15-8-12(2)19-16(20-15)10-13-5-4-6-14(17)9-13/h4-6,8-9,18H,3,7,10-11H2,1-2H3. The van der Waals surface area contributed by atoms with E-state index in [0.717, 1.165) is 42.3 Å². The van der Waals surface area contributed by atoms with Crippen LogP contribution >= 0.6 is 0 Å². The molecular formula is C16H20FN3. The van der Waals surface area contributed by atoms with Gasteiger partial charge in [-0.05, 0) is 43.7 Å². The maximum Gasteiger partial charge on any atom is 0.133 e. The van der Waals surface area contributed by atoms with Crippen molar-refractivity contribution in [3.05, 3.63) is 58.9 Å². The Morgan fingerprint density at radius 2 is 2.05 bits per heavy atom. The van der Waals surface area contributed by atoms with Gasteiger partial charge >= 0.3 is 0 Å². The van der Waals surface area contributed by atoms with Gasteiger partial charge in [0, 0.05) is 18.7 Å². The number of hydrogen-bond acceptors (Lipinski definition) is 3. The Morgan fingerprint density at radius 1 is 1.20 bits per heavy atom. The molecule has 0 aliphatic rings. The molecule has 0 aliphatic heterocycles. The van der Waals surface area contributed by atoms with E-state index in [2.05, 4.69) is 22.2 Å². The third kappa shape index (κ3) is 4.38.